The number of ether oxygens (including phenoxy) is 1. The van der Waals surface area contributed by atoms with Gasteiger partial charge in [-0.15, -0.1) is 11.3 Å². The molecule has 0 unspecified atom stereocenters. The van der Waals surface area contributed by atoms with Crippen LogP contribution >= 0.6 is 11.3 Å². The topological polar surface area (TPSA) is 51.2 Å². The highest BCUT2D eigenvalue weighted by Crippen LogP contribution is 2.35. The number of halogens is 3. The molecule has 21 heavy (non-hydrogen) atoms. The predicted molar refractivity (Wildman–Crippen MR) is 72.4 cm³/mol. The van der Waals surface area contributed by atoms with Crippen molar-refractivity contribution in [1.82, 2.24) is 4.98 Å². The van der Waals surface area contributed by atoms with Crippen molar-refractivity contribution in [3.63, 3.8) is 0 Å². The molecule has 0 spiro atoms. The van der Waals surface area contributed by atoms with Gasteiger partial charge in [0.25, 0.3) is 5.91 Å². The van der Waals surface area contributed by atoms with Gasteiger partial charge in [-0.05, 0) is 19.1 Å². The molecule has 0 atom stereocenters. The summed E-state index contributed by atoms with van der Waals surface area (Å²) in [6, 6.07) is 4.74. The first-order valence-electron chi connectivity index (χ1n) is 5.87. The van der Waals surface area contributed by atoms with E-state index in [1.54, 1.807) is 6.20 Å². The number of anilines is 1. The number of alkyl halides is 3. The number of nitrogens with one attached hydrogen (secondary N) is 1. The van der Waals surface area contributed by atoms with Gasteiger partial charge < -0.3 is 4.74 Å². The summed E-state index contributed by atoms with van der Waals surface area (Å²) in [4.78, 5) is 16.4. The molecule has 1 aromatic carbocycles. The Balaban J connectivity index is 1.98. The lowest BCUT2D eigenvalue weighted by molar-refractivity contribution is -0.139. The van der Waals surface area contributed by atoms with Gasteiger partial charge in [-0.1, -0.05) is 12.1 Å². The zero-order valence-electron chi connectivity index (χ0n) is 10.9. The van der Waals surface area contributed by atoms with Crippen LogP contribution in [0, 0.1) is 6.92 Å². The lowest BCUT2D eigenvalue weighted by Gasteiger charge is -2.13. The lowest BCUT2D eigenvalue weighted by atomic mass is 10.2. The van der Waals surface area contributed by atoms with E-state index in [0.29, 0.717) is 5.13 Å². The number of aromatic nitrogens is 1. The molecule has 0 aliphatic carbocycles. The van der Waals surface area contributed by atoms with E-state index < -0.39 is 24.3 Å². The van der Waals surface area contributed by atoms with Gasteiger partial charge in [-0.3, -0.25) is 10.1 Å². The minimum atomic E-state index is -4.53. The number of hydrogen-bond donors (Lipinski definition) is 1. The molecular formula is C13H11F3N2O2S. The van der Waals surface area contributed by atoms with Crippen molar-refractivity contribution >= 4 is 22.4 Å². The first kappa shape index (κ1) is 15.3. The maximum Gasteiger partial charge on any atom is 0.419 e. The van der Waals surface area contributed by atoms with E-state index in [4.69, 9.17) is 4.74 Å². The van der Waals surface area contributed by atoms with Gasteiger partial charge in [-0.2, -0.15) is 13.2 Å². The molecule has 0 radical (unpaired) electrons. The van der Waals surface area contributed by atoms with Crippen LogP contribution in [0.3, 0.4) is 0 Å². The third-order valence-corrected chi connectivity index (χ3v) is 3.25. The zero-order chi connectivity index (χ0) is 15.5. The van der Waals surface area contributed by atoms with Crippen LogP contribution in [-0.2, 0) is 11.0 Å². The van der Waals surface area contributed by atoms with Crippen molar-refractivity contribution in [3.8, 4) is 5.75 Å². The average molecular weight is 316 g/mol. The SMILES string of the molecule is Cc1cnc(NC(=O)COc2ccccc2C(F)(F)F)s1. The van der Waals surface area contributed by atoms with E-state index in [-0.39, 0.29) is 5.75 Å². The molecular weight excluding hydrogens is 305 g/mol. The Morgan fingerprint density at radius 3 is 2.71 bits per heavy atom. The van der Waals surface area contributed by atoms with Crippen molar-refractivity contribution in [2.75, 3.05) is 11.9 Å². The van der Waals surface area contributed by atoms with Gasteiger partial charge in [0.2, 0.25) is 0 Å². The summed E-state index contributed by atoms with van der Waals surface area (Å²) < 4.78 is 43.1. The summed E-state index contributed by atoms with van der Waals surface area (Å²) in [5.41, 5.74) is -0.914. The third kappa shape index (κ3) is 4.19. The second-order valence-electron chi connectivity index (χ2n) is 4.11. The molecule has 2 rings (SSSR count). The normalized spacial score (nSPS) is 11.2. The zero-order valence-corrected chi connectivity index (χ0v) is 11.7. The van der Waals surface area contributed by atoms with E-state index in [1.807, 2.05) is 6.92 Å². The van der Waals surface area contributed by atoms with Crippen LogP contribution in [0.4, 0.5) is 18.3 Å². The summed E-state index contributed by atoms with van der Waals surface area (Å²) >= 11 is 1.27. The van der Waals surface area contributed by atoms with Crippen molar-refractivity contribution in [3.05, 3.63) is 40.9 Å². The van der Waals surface area contributed by atoms with E-state index in [0.717, 1.165) is 10.9 Å². The fourth-order valence-electron chi connectivity index (χ4n) is 1.54. The summed E-state index contributed by atoms with van der Waals surface area (Å²) in [6.07, 6.45) is -2.94. The molecule has 0 aliphatic heterocycles. The number of carbonyl (C=O) groups excluding carboxylic acids is 1. The first-order chi connectivity index (χ1) is 9.86. The number of aryl methyl sites for hydroxylation is 1. The van der Waals surface area contributed by atoms with Gasteiger partial charge in [0, 0.05) is 11.1 Å². The number of para-hydroxylation sites is 1. The number of benzene rings is 1. The van der Waals surface area contributed by atoms with Crippen LogP contribution in [0.1, 0.15) is 10.4 Å². The number of nitrogens with zero attached hydrogens (tertiary/aromatic N) is 1. The van der Waals surface area contributed by atoms with Crippen molar-refractivity contribution in [2.45, 2.75) is 13.1 Å². The number of rotatable bonds is 4. The Bertz CT molecular complexity index is 640. The molecule has 1 aromatic heterocycles. The first-order valence-corrected chi connectivity index (χ1v) is 6.69. The third-order valence-electron chi connectivity index (χ3n) is 2.42. The summed E-state index contributed by atoms with van der Waals surface area (Å²) in [7, 11) is 0. The minimum Gasteiger partial charge on any atom is -0.483 e. The Morgan fingerprint density at radius 2 is 2.10 bits per heavy atom. The highest BCUT2D eigenvalue weighted by molar-refractivity contribution is 7.15. The van der Waals surface area contributed by atoms with Gasteiger partial charge >= 0.3 is 6.18 Å². The predicted octanol–water partition coefficient (Wildman–Crippen LogP) is 3.49. The highest BCUT2D eigenvalue weighted by Gasteiger charge is 2.34. The van der Waals surface area contributed by atoms with E-state index in [1.165, 1.54) is 29.5 Å². The van der Waals surface area contributed by atoms with Gasteiger partial charge in [0.05, 0.1) is 5.56 Å². The Hall–Kier alpha value is -2.09. The fourth-order valence-corrected chi connectivity index (χ4v) is 2.22. The monoisotopic (exact) mass is 316 g/mol. The molecule has 0 saturated heterocycles. The number of carbonyl (C=O) groups is 1. The van der Waals surface area contributed by atoms with Crippen LogP contribution in [0.2, 0.25) is 0 Å². The van der Waals surface area contributed by atoms with Gasteiger partial charge in [0.1, 0.15) is 5.75 Å². The number of thiazole rings is 1. The summed E-state index contributed by atoms with van der Waals surface area (Å²) in [6.45, 7) is 1.30. The maximum atomic E-state index is 12.7. The molecule has 0 aliphatic rings. The van der Waals surface area contributed by atoms with Crippen LogP contribution < -0.4 is 10.1 Å². The second-order valence-corrected chi connectivity index (χ2v) is 5.34. The molecule has 0 saturated carbocycles. The van der Waals surface area contributed by atoms with Gasteiger partial charge in [-0.25, -0.2) is 4.98 Å². The van der Waals surface area contributed by atoms with E-state index in [2.05, 4.69) is 10.3 Å². The molecule has 0 bridgehead atoms. The average Bonchev–Trinajstić information content (AvgIpc) is 2.81. The fraction of sp³-hybridized carbons (Fsp3) is 0.231. The van der Waals surface area contributed by atoms with Crippen LogP contribution in [0.25, 0.3) is 0 Å². The Kier molecular flexibility index (Phi) is 4.46. The minimum absolute atomic E-state index is 0.379. The smallest absolute Gasteiger partial charge is 0.419 e. The maximum absolute atomic E-state index is 12.7. The van der Waals surface area contributed by atoms with Crippen LogP contribution in [0.15, 0.2) is 30.5 Å². The summed E-state index contributed by atoms with van der Waals surface area (Å²) in [5.74, 6) is -0.947. The van der Waals surface area contributed by atoms with Gasteiger partial charge in [0.15, 0.2) is 11.7 Å². The molecule has 112 valence electrons. The largest absolute Gasteiger partial charge is 0.483 e. The Morgan fingerprint density at radius 1 is 1.38 bits per heavy atom. The van der Waals surface area contributed by atoms with E-state index >= 15 is 0 Å². The van der Waals surface area contributed by atoms with Crippen molar-refractivity contribution in [2.24, 2.45) is 0 Å². The van der Waals surface area contributed by atoms with E-state index in [9.17, 15) is 18.0 Å². The molecule has 0 fully saturated rings. The Labute approximate surface area is 122 Å². The standard InChI is InChI=1S/C13H11F3N2O2S/c1-8-6-17-12(21-8)18-11(19)7-20-10-5-3-2-4-9(10)13(14,15)16/h2-6H,7H2,1H3,(H,17,18,19). The van der Waals surface area contributed by atoms with Crippen LogP contribution in [-0.4, -0.2) is 17.5 Å². The lowest BCUT2D eigenvalue weighted by Crippen LogP contribution is -2.21. The molecule has 8 heteroatoms. The molecule has 1 N–H and O–H groups in total. The summed E-state index contributed by atoms with van der Waals surface area (Å²) in [5, 5.41) is 2.83. The highest BCUT2D eigenvalue weighted by atomic mass is 32.1. The molecule has 1 amide bonds. The molecule has 2 aromatic rings. The van der Waals surface area contributed by atoms with Crippen LogP contribution in [0.5, 0.6) is 5.75 Å². The van der Waals surface area contributed by atoms with Crippen molar-refractivity contribution in [1.29, 1.82) is 0 Å². The van der Waals surface area contributed by atoms with Crippen molar-refractivity contribution < 1.29 is 22.7 Å². The second kappa shape index (κ2) is 6.13. The number of hydrogen-bond acceptors (Lipinski definition) is 4. The quantitative estimate of drug-likeness (QED) is 0.939. The molecule has 4 nitrogen and oxygen atoms in total. The molecule has 1 heterocycles. The number of amides is 1.